The van der Waals surface area contributed by atoms with E-state index in [-0.39, 0.29) is 0 Å². The third kappa shape index (κ3) is 2.70. The van der Waals surface area contributed by atoms with Gasteiger partial charge in [0.1, 0.15) is 12.9 Å². The van der Waals surface area contributed by atoms with Gasteiger partial charge < -0.3 is 14.5 Å². The minimum atomic E-state index is 0.454. The molecule has 1 fully saturated rings. The molecular formula is C13H16N8OS. The molecule has 10 heteroatoms. The smallest absolute Gasteiger partial charge is 0.205 e. The minimum absolute atomic E-state index is 0.454. The van der Waals surface area contributed by atoms with Crippen molar-refractivity contribution in [2.75, 3.05) is 43.1 Å². The molecular weight excluding hydrogens is 316 g/mol. The molecule has 3 aromatic rings. The van der Waals surface area contributed by atoms with Gasteiger partial charge in [-0.15, -0.1) is 10.2 Å². The van der Waals surface area contributed by atoms with E-state index in [0.717, 1.165) is 48.6 Å². The monoisotopic (exact) mass is 332 g/mol. The summed E-state index contributed by atoms with van der Waals surface area (Å²) in [6.07, 6.45) is 5.32. The molecule has 120 valence electrons. The summed E-state index contributed by atoms with van der Waals surface area (Å²) in [5.41, 5.74) is 0.791. The van der Waals surface area contributed by atoms with Crippen LogP contribution in [-0.2, 0) is 11.3 Å². The molecule has 23 heavy (non-hydrogen) atoms. The third-order valence-electron chi connectivity index (χ3n) is 3.78. The summed E-state index contributed by atoms with van der Waals surface area (Å²) < 4.78 is 11.3. The fourth-order valence-electron chi connectivity index (χ4n) is 2.64. The Balaban J connectivity index is 1.47. The molecule has 4 rings (SSSR count). The maximum atomic E-state index is 5.07. The van der Waals surface area contributed by atoms with Crippen LogP contribution in [0.3, 0.4) is 0 Å². The van der Waals surface area contributed by atoms with E-state index in [2.05, 4.69) is 34.3 Å². The van der Waals surface area contributed by atoms with Gasteiger partial charge in [-0.2, -0.15) is 4.37 Å². The topological polar surface area (TPSA) is 84.6 Å². The van der Waals surface area contributed by atoms with Gasteiger partial charge in [0.05, 0.1) is 0 Å². The van der Waals surface area contributed by atoms with E-state index < -0.39 is 0 Å². The molecule has 1 aliphatic heterocycles. The van der Waals surface area contributed by atoms with E-state index in [0.29, 0.717) is 6.61 Å². The first-order chi connectivity index (χ1) is 11.3. The van der Waals surface area contributed by atoms with Crippen molar-refractivity contribution in [2.24, 2.45) is 0 Å². The van der Waals surface area contributed by atoms with Crippen LogP contribution in [0.4, 0.5) is 10.9 Å². The highest BCUT2D eigenvalue weighted by Gasteiger charge is 2.22. The second-order valence-corrected chi connectivity index (χ2v) is 5.94. The molecule has 1 aliphatic rings. The van der Waals surface area contributed by atoms with Crippen LogP contribution in [0.15, 0.2) is 18.7 Å². The summed E-state index contributed by atoms with van der Waals surface area (Å²) in [5, 5.41) is 9.05. The zero-order valence-corrected chi connectivity index (χ0v) is 13.5. The number of methoxy groups -OCH3 is 1. The fourth-order valence-corrected chi connectivity index (χ4v) is 3.36. The number of fused-ring (bicyclic) bond motifs is 1. The van der Waals surface area contributed by atoms with Gasteiger partial charge in [-0.3, -0.25) is 4.40 Å². The van der Waals surface area contributed by atoms with Gasteiger partial charge in [0, 0.05) is 57.2 Å². The van der Waals surface area contributed by atoms with Crippen LogP contribution >= 0.6 is 11.5 Å². The van der Waals surface area contributed by atoms with Gasteiger partial charge in [-0.25, -0.2) is 9.97 Å². The number of nitrogens with zero attached hydrogens (tertiary/aromatic N) is 8. The average Bonchev–Trinajstić information content (AvgIpc) is 3.24. The Hall–Kier alpha value is -2.33. The molecule has 0 aliphatic carbocycles. The van der Waals surface area contributed by atoms with Crippen molar-refractivity contribution in [3.05, 3.63) is 24.5 Å². The van der Waals surface area contributed by atoms with E-state index in [4.69, 9.17) is 4.74 Å². The van der Waals surface area contributed by atoms with E-state index in [1.165, 1.54) is 11.5 Å². The Kier molecular flexibility index (Phi) is 3.75. The maximum absolute atomic E-state index is 5.07. The molecule has 3 aromatic heterocycles. The normalized spacial score (nSPS) is 15.5. The van der Waals surface area contributed by atoms with Gasteiger partial charge in [0.2, 0.25) is 10.8 Å². The molecule has 0 aromatic carbocycles. The lowest BCUT2D eigenvalue weighted by Gasteiger charge is -2.34. The molecule has 0 N–H and O–H groups in total. The lowest BCUT2D eigenvalue weighted by Crippen LogP contribution is -2.47. The molecule has 0 spiro atoms. The Morgan fingerprint density at radius 2 is 2.04 bits per heavy atom. The van der Waals surface area contributed by atoms with Crippen molar-refractivity contribution in [1.82, 2.24) is 28.9 Å². The summed E-state index contributed by atoms with van der Waals surface area (Å²) >= 11 is 1.42. The summed E-state index contributed by atoms with van der Waals surface area (Å²) in [7, 11) is 1.65. The average molecular weight is 332 g/mol. The van der Waals surface area contributed by atoms with E-state index >= 15 is 0 Å². The molecule has 0 amide bonds. The standard InChI is InChI=1S/C13H16N8OS/c1-22-8-10-16-13(23-18-10)20-6-4-19(5-7-20)11-12-17-15-9-21(12)3-2-14-11/h2-3,9H,4-8H2,1H3. The minimum Gasteiger partial charge on any atom is -0.377 e. The maximum Gasteiger partial charge on any atom is 0.205 e. The van der Waals surface area contributed by atoms with E-state index in [1.807, 2.05) is 10.6 Å². The van der Waals surface area contributed by atoms with Gasteiger partial charge in [0.25, 0.3) is 0 Å². The molecule has 0 saturated carbocycles. The third-order valence-corrected chi connectivity index (χ3v) is 4.59. The molecule has 4 heterocycles. The number of anilines is 2. The van der Waals surface area contributed by atoms with Crippen molar-refractivity contribution in [3.8, 4) is 0 Å². The van der Waals surface area contributed by atoms with Crippen molar-refractivity contribution in [3.63, 3.8) is 0 Å². The Labute approximate surface area is 136 Å². The summed E-state index contributed by atoms with van der Waals surface area (Å²) in [6, 6.07) is 0. The lowest BCUT2D eigenvalue weighted by molar-refractivity contribution is 0.179. The van der Waals surface area contributed by atoms with Crippen molar-refractivity contribution < 1.29 is 4.74 Å². The van der Waals surface area contributed by atoms with Crippen molar-refractivity contribution in [1.29, 1.82) is 0 Å². The van der Waals surface area contributed by atoms with Gasteiger partial charge in [0.15, 0.2) is 11.6 Å². The highest BCUT2D eigenvalue weighted by atomic mass is 32.1. The largest absolute Gasteiger partial charge is 0.377 e. The quantitative estimate of drug-likeness (QED) is 0.681. The summed E-state index contributed by atoms with van der Waals surface area (Å²) in [5.74, 6) is 1.62. The number of rotatable bonds is 4. The summed E-state index contributed by atoms with van der Waals surface area (Å²) in [6.45, 7) is 3.92. The van der Waals surface area contributed by atoms with Gasteiger partial charge in [-0.1, -0.05) is 0 Å². The molecule has 0 unspecified atom stereocenters. The van der Waals surface area contributed by atoms with Crippen LogP contribution in [0.25, 0.3) is 5.65 Å². The van der Waals surface area contributed by atoms with Crippen LogP contribution in [0.1, 0.15) is 5.82 Å². The molecule has 0 radical (unpaired) electrons. The van der Waals surface area contributed by atoms with Gasteiger partial charge >= 0.3 is 0 Å². The first kappa shape index (κ1) is 14.3. The van der Waals surface area contributed by atoms with E-state index in [9.17, 15) is 0 Å². The lowest BCUT2D eigenvalue weighted by atomic mass is 10.3. The second kappa shape index (κ2) is 6.05. The van der Waals surface area contributed by atoms with E-state index in [1.54, 1.807) is 19.6 Å². The summed E-state index contributed by atoms with van der Waals surface area (Å²) in [4.78, 5) is 13.5. The SMILES string of the molecule is COCc1nsc(N2CCN(c3nccn4cnnc34)CC2)n1. The van der Waals surface area contributed by atoms with Crippen molar-refractivity contribution >= 4 is 28.1 Å². The number of piperazine rings is 1. The zero-order valence-electron chi connectivity index (χ0n) is 12.7. The van der Waals surface area contributed by atoms with Crippen LogP contribution in [0.5, 0.6) is 0 Å². The zero-order chi connectivity index (χ0) is 15.6. The molecule has 0 bridgehead atoms. The Bertz CT molecular complexity index is 794. The highest BCUT2D eigenvalue weighted by molar-refractivity contribution is 7.09. The first-order valence-electron chi connectivity index (χ1n) is 7.31. The number of hydrogen-bond donors (Lipinski definition) is 0. The second-order valence-electron chi connectivity index (χ2n) is 5.21. The predicted molar refractivity (Wildman–Crippen MR) is 85.8 cm³/mol. The van der Waals surface area contributed by atoms with Crippen LogP contribution in [0.2, 0.25) is 0 Å². The van der Waals surface area contributed by atoms with Crippen LogP contribution in [-0.4, -0.2) is 62.2 Å². The van der Waals surface area contributed by atoms with Gasteiger partial charge in [-0.05, 0) is 0 Å². The Morgan fingerprint density at radius 3 is 2.87 bits per heavy atom. The molecule has 0 atom stereocenters. The molecule has 1 saturated heterocycles. The first-order valence-corrected chi connectivity index (χ1v) is 8.08. The van der Waals surface area contributed by atoms with Crippen LogP contribution < -0.4 is 9.80 Å². The Morgan fingerprint density at radius 1 is 1.22 bits per heavy atom. The number of ether oxygens (including phenoxy) is 1. The number of aromatic nitrogens is 6. The molecule has 9 nitrogen and oxygen atoms in total. The van der Waals surface area contributed by atoms with Crippen LogP contribution in [0, 0.1) is 0 Å². The highest BCUT2D eigenvalue weighted by Crippen LogP contribution is 2.22. The predicted octanol–water partition coefficient (Wildman–Crippen LogP) is 0.449. The van der Waals surface area contributed by atoms with Crippen molar-refractivity contribution in [2.45, 2.75) is 6.61 Å². The number of hydrogen-bond acceptors (Lipinski definition) is 9. The fraction of sp³-hybridized carbons (Fsp3) is 0.462.